The minimum atomic E-state index is -1.44. The highest BCUT2D eigenvalue weighted by Gasteiger charge is 2.39. The summed E-state index contributed by atoms with van der Waals surface area (Å²) < 4.78 is 10.6. The maximum atomic E-state index is 12.6. The van der Waals surface area contributed by atoms with Gasteiger partial charge in [0.2, 0.25) is 5.91 Å². The lowest BCUT2D eigenvalue weighted by atomic mass is 9.96. The van der Waals surface area contributed by atoms with Crippen LogP contribution in [0.15, 0.2) is 48.5 Å². The molecule has 2 aromatic rings. The number of ether oxygens (including phenoxy) is 2. The van der Waals surface area contributed by atoms with E-state index >= 15 is 0 Å². The molecule has 0 saturated heterocycles. The lowest BCUT2D eigenvalue weighted by Crippen LogP contribution is -2.61. The Morgan fingerprint density at radius 2 is 1.61 bits per heavy atom. The second-order valence-corrected chi connectivity index (χ2v) is 7.40. The van der Waals surface area contributed by atoms with Crippen LogP contribution in [0.2, 0.25) is 0 Å². The van der Waals surface area contributed by atoms with Gasteiger partial charge in [0.1, 0.15) is 18.7 Å². The zero-order valence-corrected chi connectivity index (χ0v) is 17.5. The second-order valence-electron chi connectivity index (χ2n) is 7.40. The van der Waals surface area contributed by atoms with Gasteiger partial charge in [0, 0.05) is 13.0 Å². The summed E-state index contributed by atoms with van der Waals surface area (Å²) in [5.74, 6) is -1.94. The van der Waals surface area contributed by atoms with E-state index in [0.717, 1.165) is 22.3 Å². The number of methoxy groups -OCH3 is 1. The van der Waals surface area contributed by atoms with E-state index in [-0.39, 0.29) is 25.6 Å². The average Bonchev–Trinajstić information content (AvgIpc) is 3.09. The van der Waals surface area contributed by atoms with Gasteiger partial charge >= 0.3 is 12.1 Å². The first-order valence-corrected chi connectivity index (χ1v) is 10.0. The van der Waals surface area contributed by atoms with Crippen molar-refractivity contribution in [1.29, 1.82) is 0 Å². The lowest BCUT2D eigenvalue weighted by Gasteiger charge is -2.31. The monoisotopic (exact) mass is 426 g/mol. The number of nitrogens with one attached hydrogen (secondary N) is 2. The molecule has 0 bridgehead atoms. The van der Waals surface area contributed by atoms with Crippen molar-refractivity contribution >= 4 is 18.0 Å². The van der Waals surface area contributed by atoms with Crippen LogP contribution in [0, 0.1) is 0 Å². The Bertz CT molecular complexity index is 931. The largest absolute Gasteiger partial charge is 0.480 e. The molecule has 1 aliphatic carbocycles. The molecule has 0 fully saturated rings. The van der Waals surface area contributed by atoms with Crippen LogP contribution in [0.3, 0.4) is 0 Å². The number of fused-ring (bicyclic) bond motifs is 3. The van der Waals surface area contributed by atoms with Gasteiger partial charge in [-0.3, -0.25) is 9.59 Å². The summed E-state index contributed by atoms with van der Waals surface area (Å²) in [6.45, 7) is 1.11. The number of carbonyl (C=O) groups is 3. The number of hydrogen-bond acceptors (Lipinski definition) is 5. The van der Waals surface area contributed by atoms with E-state index in [1.54, 1.807) is 6.92 Å². The van der Waals surface area contributed by atoms with Crippen LogP contribution < -0.4 is 10.6 Å². The number of carboxylic acid groups (broad SMARTS) is 1. The summed E-state index contributed by atoms with van der Waals surface area (Å²) in [4.78, 5) is 36.0. The predicted octanol–water partition coefficient (Wildman–Crippen LogP) is 2.52. The third-order valence-electron chi connectivity index (χ3n) is 5.51. The first-order chi connectivity index (χ1) is 14.9. The van der Waals surface area contributed by atoms with Crippen molar-refractivity contribution in [3.05, 3.63) is 59.7 Å². The smallest absolute Gasteiger partial charge is 0.408 e. The van der Waals surface area contributed by atoms with Gasteiger partial charge in [0.15, 0.2) is 0 Å². The Morgan fingerprint density at radius 3 is 2.13 bits per heavy atom. The number of amides is 2. The fraction of sp³-hybridized carbons (Fsp3) is 0.348. The second kappa shape index (κ2) is 9.61. The molecule has 2 amide bonds. The molecule has 164 valence electrons. The van der Waals surface area contributed by atoms with Crippen molar-refractivity contribution in [2.24, 2.45) is 0 Å². The van der Waals surface area contributed by atoms with Crippen LogP contribution in [-0.4, -0.2) is 55.5 Å². The minimum Gasteiger partial charge on any atom is -0.480 e. The van der Waals surface area contributed by atoms with Crippen LogP contribution in [0.1, 0.15) is 30.4 Å². The first kappa shape index (κ1) is 22.3. The number of carbonyl (C=O) groups excluding carboxylic acids is 2. The van der Waals surface area contributed by atoms with Crippen molar-refractivity contribution in [3.63, 3.8) is 0 Å². The highest BCUT2D eigenvalue weighted by Crippen LogP contribution is 2.44. The van der Waals surface area contributed by atoms with Crippen LogP contribution in [0.5, 0.6) is 0 Å². The van der Waals surface area contributed by atoms with Gasteiger partial charge in [-0.15, -0.1) is 0 Å². The van der Waals surface area contributed by atoms with Crippen LogP contribution in [0.4, 0.5) is 4.79 Å². The lowest BCUT2D eigenvalue weighted by molar-refractivity contribution is -0.139. The molecule has 31 heavy (non-hydrogen) atoms. The van der Waals surface area contributed by atoms with Gasteiger partial charge in [-0.05, 0) is 28.7 Å². The summed E-state index contributed by atoms with van der Waals surface area (Å²) >= 11 is 0. The molecule has 3 rings (SSSR count). The fourth-order valence-corrected chi connectivity index (χ4v) is 3.91. The third-order valence-corrected chi connectivity index (χ3v) is 5.51. The highest BCUT2D eigenvalue weighted by molar-refractivity contribution is 5.92. The van der Waals surface area contributed by atoms with E-state index in [1.165, 1.54) is 7.11 Å². The van der Waals surface area contributed by atoms with Gasteiger partial charge in [-0.25, -0.2) is 4.79 Å². The molecule has 2 aromatic carbocycles. The molecule has 3 N–H and O–H groups in total. The summed E-state index contributed by atoms with van der Waals surface area (Å²) in [6.07, 6.45) is -0.581. The standard InChI is InChI=1S/C23H26N2O6/c1-3-23(14-30-2,21(28)24-12-20(26)27)25-22(29)31-13-19-17-10-6-4-8-15(17)16-9-5-7-11-18(16)19/h4-11,19H,3,12-14H2,1-2H3,(H,24,28)(H,25,29)(H,26,27). The minimum absolute atomic E-state index is 0.101. The SMILES string of the molecule is CCC(COC)(NC(=O)OCC1c2ccccc2-c2ccccc21)C(=O)NCC(=O)O. The van der Waals surface area contributed by atoms with Crippen molar-refractivity contribution in [2.75, 3.05) is 26.9 Å². The molecule has 0 spiro atoms. The number of hydrogen-bond donors (Lipinski definition) is 3. The molecule has 1 unspecified atom stereocenters. The Kier molecular flexibility index (Phi) is 6.91. The number of rotatable bonds is 9. The maximum Gasteiger partial charge on any atom is 0.408 e. The average molecular weight is 426 g/mol. The molecule has 0 aliphatic heterocycles. The normalized spacial score (nSPS) is 14.1. The molecule has 1 atom stereocenters. The Labute approximate surface area is 180 Å². The molecular formula is C23H26N2O6. The summed E-state index contributed by atoms with van der Waals surface area (Å²) in [6, 6.07) is 16.0. The topological polar surface area (TPSA) is 114 Å². The molecule has 1 aliphatic rings. The Hall–Kier alpha value is -3.39. The van der Waals surface area contributed by atoms with E-state index in [4.69, 9.17) is 14.6 Å². The van der Waals surface area contributed by atoms with Gasteiger partial charge in [0.25, 0.3) is 0 Å². The Balaban J connectivity index is 1.72. The highest BCUT2D eigenvalue weighted by atomic mass is 16.5. The molecule has 8 heteroatoms. The van der Waals surface area contributed by atoms with E-state index in [1.807, 2.05) is 48.5 Å². The van der Waals surface area contributed by atoms with Crippen LogP contribution >= 0.6 is 0 Å². The molecule has 0 aromatic heterocycles. The van der Waals surface area contributed by atoms with E-state index < -0.39 is 30.1 Å². The van der Waals surface area contributed by atoms with Crippen LogP contribution in [0.25, 0.3) is 11.1 Å². The van der Waals surface area contributed by atoms with Crippen molar-refractivity contribution in [3.8, 4) is 11.1 Å². The van der Waals surface area contributed by atoms with E-state index in [2.05, 4.69) is 10.6 Å². The molecular weight excluding hydrogens is 400 g/mol. The zero-order chi connectivity index (χ0) is 22.4. The summed E-state index contributed by atoms with van der Waals surface area (Å²) in [5, 5.41) is 13.7. The molecule has 8 nitrogen and oxygen atoms in total. The first-order valence-electron chi connectivity index (χ1n) is 10.0. The molecule has 0 radical (unpaired) electrons. The van der Waals surface area contributed by atoms with Crippen molar-refractivity contribution in [2.45, 2.75) is 24.8 Å². The van der Waals surface area contributed by atoms with Gasteiger partial charge < -0.3 is 25.2 Å². The molecule has 0 heterocycles. The van der Waals surface area contributed by atoms with Crippen molar-refractivity contribution < 1.29 is 29.0 Å². The number of benzene rings is 2. The number of alkyl carbamates (subject to hydrolysis) is 1. The van der Waals surface area contributed by atoms with Gasteiger partial charge in [0.05, 0.1) is 6.61 Å². The quantitative estimate of drug-likeness (QED) is 0.568. The third kappa shape index (κ3) is 4.69. The van der Waals surface area contributed by atoms with Crippen LogP contribution in [-0.2, 0) is 19.1 Å². The fourth-order valence-electron chi connectivity index (χ4n) is 3.91. The predicted molar refractivity (Wildman–Crippen MR) is 114 cm³/mol. The molecule has 0 saturated carbocycles. The van der Waals surface area contributed by atoms with Crippen molar-refractivity contribution in [1.82, 2.24) is 10.6 Å². The summed E-state index contributed by atoms with van der Waals surface area (Å²) in [5.41, 5.74) is 2.95. The van der Waals surface area contributed by atoms with E-state index in [9.17, 15) is 14.4 Å². The Morgan fingerprint density at radius 1 is 1.03 bits per heavy atom. The van der Waals surface area contributed by atoms with Gasteiger partial charge in [-0.2, -0.15) is 0 Å². The summed E-state index contributed by atoms with van der Waals surface area (Å²) in [7, 11) is 1.40. The maximum absolute atomic E-state index is 12.6. The number of carboxylic acids is 1. The number of aliphatic carboxylic acids is 1. The van der Waals surface area contributed by atoms with E-state index in [0.29, 0.717) is 0 Å². The zero-order valence-electron chi connectivity index (χ0n) is 17.5. The van der Waals surface area contributed by atoms with Gasteiger partial charge in [-0.1, -0.05) is 55.5 Å².